The number of aromatic carboxylic acids is 1. The maximum absolute atomic E-state index is 11.6. The molecule has 8 heteroatoms. The molecule has 0 fully saturated rings. The second kappa shape index (κ2) is 5.65. The summed E-state index contributed by atoms with van der Waals surface area (Å²) in [4.78, 5) is 29.9. The van der Waals surface area contributed by atoms with Crippen LogP contribution in [0.15, 0.2) is 36.7 Å². The zero-order chi connectivity index (χ0) is 14.5. The summed E-state index contributed by atoms with van der Waals surface area (Å²) in [7, 11) is 0. The summed E-state index contributed by atoms with van der Waals surface area (Å²) < 4.78 is 0. The van der Waals surface area contributed by atoms with Crippen LogP contribution in [0.1, 0.15) is 10.4 Å². The molecule has 0 aliphatic carbocycles. The van der Waals surface area contributed by atoms with Gasteiger partial charge in [0, 0.05) is 24.1 Å². The summed E-state index contributed by atoms with van der Waals surface area (Å²) in [5.74, 6) is -1.57. The van der Waals surface area contributed by atoms with Gasteiger partial charge in [0.15, 0.2) is 0 Å². The molecule has 0 saturated heterocycles. The average Bonchev–Trinajstić information content (AvgIpc) is 2.39. The third-order valence-corrected chi connectivity index (χ3v) is 2.28. The van der Waals surface area contributed by atoms with Crippen LogP contribution in [0.3, 0.4) is 0 Å². The molecule has 2 aromatic rings. The minimum absolute atomic E-state index is 0.122. The zero-order valence-electron chi connectivity index (χ0n) is 10.1. The van der Waals surface area contributed by atoms with Crippen molar-refractivity contribution in [3.63, 3.8) is 0 Å². The van der Waals surface area contributed by atoms with Gasteiger partial charge >= 0.3 is 12.0 Å². The first-order valence-electron chi connectivity index (χ1n) is 5.47. The van der Waals surface area contributed by atoms with Crippen molar-refractivity contribution in [3.05, 3.63) is 42.2 Å². The molecule has 0 saturated carbocycles. The molecule has 0 atom stereocenters. The van der Waals surface area contributed by atoms with E-state index in [-0.39, 0.29) is 17.2 Å². The van der Waals surface area contributed by atoms with Gasteiger partial charge in [-0.15, -0.1) is 0 Å². The molecule has 2 rings (SSSR count). The summed E-state index contributed by atoms with van der Waals surface area (Å²) in [5.41, 5.74) is -0.0109. The maximum Gasteiger partial charge on any atom is 0.339 e. The number of benzene rings is 1. The number of carboxylic acids is 1. The molecule has 0 unspecified atom stereocenters. The summed E-state index contributed by atoms with van der Waals surface area (Å²) in [5, 5.41) is 23.0. The van der Waals surface area contributed by atoms with Gasteiger partial charge in [0.25, 0.3) is 0 Å². The monoisotopic (exact) mass is 274 g/mol. The van der Waals surface area contributed by atoms with E-state index >= 15 is 0 Å². The van der Waals surface area contributed by atoms with Crippen LogP contribution in [-0.2, 0) is 0 Å². The second-order valence-corrected chi connectivity index (χ2v) is 3.69. The van der Waals surface area contributed by atoms with Crippen molar-refractivity contribution in [2.24, 2.45) is 0 Å². The highest BCUT2D eigenvalue weighted by atomic mass is 16.4. The van der Waals surface area contributed by atoms with Crippen LogP contribution in [0.4, 0.5) is 16.4 Å². The minimum Gasteiger partial charge on any atom is -0.507 e. The van der Waals surface area contributed by atoms with Crippen LogP contribution in [0.5, 0.6) is 5.75 Å². The number of carbonyl (C=O) groups is 2. The van der Waals surface area contributed by atoms with Crippen molar-refractivity contribution in [3.8, 4) is 5.75 Å². The lowest BCUT2D eigenvalue weighted by molar-refractivity contribution is 0.0694. The number of aromatic hydroxyl groups is 1. The first kappa shape index (κ1) is 13.3. The fourth-order valence-corrected chi connectivity index (χ4v) is 1.42. The molecular weight excluding hydrogens is 264 g/mol. The Morgan fingerprint density at radius 1 is 1.10 bits per heavy atom. The number of carboxylic acid groups (broad SMARTS) is 1. The molecule has 0 radical (unpaired) electrons. The highest BCUT2D eigenvalue weighted by molar-refractivity contribution is 5.99. The Labute approximate surface area is 113 Å². The molecule has 0 bridgehead atoms. The van der Waals surface area contributed by atoms with Gasteiger partial charge in [0.1, 0.15) is 11.3 Å². The smallest absolute Gasteiger partial charge is 0.339 e. The number of nitrogens with one attached hydrogen (secondary N) is 2. The van der Waals surface area contributed by atoms with Crippen LogP contribution in [0.25, 0.3) is 0 Å². The molecule has 0 aliphatic rings. The fourth-order valence-electron chi connectivity index (χ4n) is 1.42. The van der Waals surface area contributed by atoms with Crippen molar-refractivity contribution < 1.29 is 19.8 Å². The molecule has 1 heterocycles. The van der Waals surface area contributed by atoms with E-state index in [4.69, 9.17) is 5.11 Å². The van der Waals surface area contributed by atoms with E-state index in [0.29, 0.717) is 0 Å². The van der Waals surface area contributed by atoms with Crippen LogP contribution < -0.4 is 10.6 Å². The predicted octanol–water partition coefficient (Wildman–Crippen LogP) is 1.52. The topological polar surface area (TPSA) is 124 Å². The molecule has 0 spiro atoms. The molecule has 1 aromatic carbocycles. The lowest BCUT2D eigenvalue weighted by Crippen LogP contribution is -2.20. The predicted molar refractivity (Wildman–Crippen MR) is 69.7 cm³/mol. The quantitative estimate of drug-likeness (QED) is 0.672. The zero-order valence-corrected chi connectivity index (χ0v) is 10.1. The van der Waals surface area contributed by atoms with E-state index < -0.39 is 17.7 Å². The van der Waals surface area contributed by atoms with Crippen LogP contribution in [0.2, 0.25) is 0 Å². The van der Waals surface area contributed by atoms with Crippen molar-refractivity contribution >= 4 is 23.6 Å². The maximum atomic E-state index is 11.6. The third kappa shape index (κ3) is 3.19. The summed E-state index contributed by atoms with van der Waals surface area (Å²) in [6, 6.07) is 4.67. The number of hydrogen-bond donors (Lipinski definition) is 4. The van der Waals surface area contributed by atoms with Gasteiger partial charge in [-0.3, -0.25) is 5.32 Å². The van der Waals surface area contributed by atoms with E-state index in [1.54, 1.807) is 6.07 Å². The third-order valence-electron chi connectivity index (χ3n) is 2.28. The standard InChI is InChI=1S/C12H10N4O4/c17-9-6-7(2-3-8(9)10(18)19)15-12(20)16-11-13-4-1-5-14-11/h1-6,17H,(H,18,19)(H2,13,14,15,16,20). The Balaban J connectivity index is 2.05. The number of carbonyl (C=O) groups excluding carboxylic acids is 1. The highest BCUT2D eigenvalue weighted by Crippen LogP contribution is 2.21. The Morgan fingerprint density at radius 3 is 2.40 bits per heavy atom. The van der Waals surface area contributed by atoms with E-state index in [9.17, 15) is 14.7 Å². The number of aromatic nitrogens is 2. The van der Waals surface area contributed by atoms with Crippen molar-refractivity contribution in [2.45, 2.75) is 0 Å². The van der Waals surface area contributed by atoms with Gasteiger partial charge in [-0.25, -0.2) is 19.6 Å². The molecule has 102 valence electrons. The van der Waals surface area contributed by atoms with E-state index in [2.05, 4.69) is 20.6 Å². The highest BCUT2D eigenvalue weighted by Gasteiger charge is 2.11. The van der Waals surface area contributed by atoms with Gasteiger partial charge in [0.2, 0.25) is 5.95 Å². The van der Waals surface area contributed by atoms with Crippen molar-refractivity contribution in [1.82, 2.24) is 9.97 Å². The van der Waals surface area contributed by atoms with Gasteiger partial charge in [-0.05, 0) is 18.2 Å². The first-order chi connectivity index (χ1) is 9.56. The molecule has 2 amide bonds. The van der Waals surface area contributed by atoms with E-state index in [0.717, 1.165) is 6.07 Å². The van der Waals surface area contributed by atoms with Gasteiger partial charge < -0.3 is 15.5 Å². The Bertz CT molecular complexity index is 645. The number of hydrogen-bond acceptors (Lipinski definition) is 5. The summed E-state index contributed by atoms with van der Waals surface area (Å²) >= 11 is 0. The first-order valence-corrected chi connectivity index (χ1v) is 5.47. The summed E-state index contributed by atoms with van der Waals surface area (Å²) in [6.07, 6.45) is 2.94. The van der Waals surface area contributed by atoms with Crippen LogP contribution in [-0.4, -0.2) is 32.2 Å². The number of rotatable bonds is 3. The molecule has 0 aliphatic heterocycles. The Morgan fingerprint density at radius 2 is 1.80 bits per heavy atom. The molecule has 8 nitrogen and oxygen atoms in total. The van der Waals surface area contributed by atoms with E-state index in [1.807, 2.05) is 0 Å². The summed E-state index contributed by atoms with van der Waals surface area (Å²) in [6.45, 7) is 0. The fraction of sp³-hybridized carbons (Fsp3) is 0. The van der Waals surface area contributed by atoms with Crippen molar-refractivity contribution in [1.29, 1.82) is 0 Å². The van der Waals surface area contributed by atoms with Gasteiger partial charge in [0.05, 0.1) is 0 Å². The minimum atomic E-state index is -1.25. The van der Waals surface area contributed by atoms with Gasteiger partial charge in [-0.2, -0.15) is 0 Å². The molecular formula is C12H10N4O4. The normalized spacial score (nSPS) is 9.80. The molecule has 4 N–H and O–H groups in total. The molecule has 20 heavy (non-hydrogen) atoms. The Hall–Kier alpha value is -3.16. The number of phenols is 1. The van der Waals surface area contributed by atoms with Gasteiger partial charge in [-0.1, -0.05) is 0 Å². The van der Waals surface area contributed by atoms with Crippen LogP contribution in [0, 0.1) is 0 Å². The average molecular weight is 274 g/mol. The lowest BCUT2D eigenvalue weighted by atomic mass is 10.2. The second-order valence-electron chi connectivity index (χ2n) is 3.69. The number of nitrogens with zero attached hydrogens (tertiary/aromatic N) is 2. The van der Waals surface area contributed by atoms with Crippen LogP contribution >= 0.6 is 0 Å². The lowest BCUT2D eigenvalue weighted by Gasteiger charge is -2.07. The Kier molecular flexibility index (Phi) is 3.75. The molecule has 1 aromatic heterocycles. The van der Waals surface area contributed by atoms with Crippen molar-refractivity contribution in [2.75, 3.05) is 10.6 Å². The SMILES string of the molecule is O=C(Nc1ccc(C(=O)O)c(O)c1)Nc1ncccn1. The number of anilines is 2. The number of amides is 2. The van der Waals surface area contributed by atoms with E-state index in [1.165, 1.54) is 24.5 Å². The largest absolute Gasteiger partial charge is 0.507 e. The number of urea groups is 1.